The van der Waals surface area contributed by atoms with Crippen LogP contribution in [0.3, 0.4) is 0 Å². The summed E-state index contributed by atoms with van der Waals surface area (Å²) < 4.78 is 0. The minimum Gasteiger partial charge on any atom is -0.0785 e. The summed E-state index contributed by atoms with van der Waals surface area (Å²) in [4.78, 5) is 0. The lowest BCUT2D eigenvalue weighted by atomic mass is 9.80. The van der Waals surface area contributed by atoms with Gasteiger partial charge in [0.25, 0.3) is 0 Å². The predicted octanol–water partition coefficient (Wildman–Crippen LogP) is 8.01. The zero-order valence-corrected chi connectivity index (χ0v) is 17.3. The van der Waals surface area contributed by atoms with Crippen molar-refractivity contribution in [3.05, 3.63) is 102 Å². The van der Waals surface area contributed by atoms with Gasteiger partial charge in [-0.25, -0.2) is 0 Å². The molecule has 1 aliphatic rings. The molecule has 0 aromatic heterocycles. The van der Waals surface area contributed by atoms with E-state index in [0.717, 1.165) is 6.42 Å². The lowest BCUT2D eigenvalue weighted by Crippen LogP contribution is -2.10. The van der Waals surface area contributed by atoms with Crippen LogP contribution in [0.4, 0.5) is 0 Å². The number of hydrogen-bond acceptors (Lipinski definition) is 0. The van der Waals surface area contributed by atoms with E-state index in [-0.39, 0.29) is 5.41 Å². The van der Waals surface area contributed by atoms with E-state index in [1.54, 1.807) is 0 Å². The van der Waals surface area contributed by atoms with Crippen molar-refractivity contribution in [3.8, 4) is 22.3 Å². The van der Waals surface area contributed by atoms with Crippen LogP contribution in [0.5, 0.6) is 0 Å². The molecule has 0 fully saturated rings. The molecule has 0 saturated carbocycles. The zero-order chi connectivity index (χ0) is 19.7. The second-order valence-electron chi connectivity index (χ2n) is 8.69. The molecule has 0 N–H and O–H groups in total. The molecule has 28 heavy (non-hydrogen) atoms. The van der Waals surface area contributed by atoms with Crippen LogP contribution in [0.25, 0.3) is 27.8 Å². The van der Waals surface area contributed by atoms with Gasteiger partial charge in [0.1, 0.15) is 0 Å². The van der Waals surface area contributed by atoms with E-state index in [1.807, 2.05) is 0 Å². The molecule has 0 amide bonds. The van der Waals surface area contributed by atoms with Crippen molar-refractivity contribution in [3.63, 3.8) is 0 Å². The average Bonchev–Trinajstić information content (AvgIpc) is 2.67. The van der Waals surface area contributed by atoms with Gasteiger partial charge in [-0.2, -0.15) is 0 Å². The molecule has 0 radical (unpaired) electrons. The first kappa shape index (κ1) is 18.5. The molecular weight excluding hydrogens is 336 g/mol. The molecule has 0 heteroatoms. The van der Waals surface area contributed by atoms with E-state index in [2.05, 4.69) is 113 Å². The first-order chi connectivity index (χ1) is 13.4. The summed E-state index contributed by atoms with van der Waals surface area (Å²) in [6.07, 6.45) is 7.83. The Bertz CT molecular complexity index is 1060. The second kappa shape index (κ2) is 7.28. The molecule has 140 valence electrons. The minimum absolute atomic E-state index is 0.241. The van der Waals surface area contributed by atoms with Crippen LogP contribution >= 0.6 is 0 Å². The zero-order valence-electron chi connectivity index (χ0n) is 17.3. The highest BCUT2D eigenvalue weighted by Gasteiger charge is 2.19. The van der Waals surface area contributed by atoms with E-state index in [0.29, 0.717) is 0 Å². The summed E-state index contributed by atoms with van der Waals surface area (Å²) in [5.41, 5.74) is 10.8. The Kier molecular flexibility index (Phi) is 4.81. The molecule has 0 bridgehead atoms. The molecular formula is C28H28. The third-order valence-corrected chi connectivity index (χ3v) is 5.64. The summed E-state index contributed by atoms with van der Waals surface area (Å²) in [7, 11) is 0. The Hall–Kier alpha value is -2.86. The topological polar surface area (TPSA) is 0 Å². The maximum Gasteiger partial charge on any atom is -0.0131 e. The Labute approximate surface area is 169 Å². The van der Waals surface area contributed by atoms with Crippen LogP contribution in [0.15, 0.2) is 85.0 Å². The highest BCUT2D eigenvalue weighted by atomic mass is 14.2. The molecule has 0 aliphatic heterocycles. The molecule has 3 aromatic carbocycles. The molecule has 0 nitrogen and oxygen atoms in total. The third-order valence-electron chi connectivity index (χ3n) is 5.64. The van der Waals surface area contributed by atoms with Crippen LogP contribution in [-0.2, 0) is 0 Å². The first-order valence-electron chi connectivity index (χ1n) is 10.1. The highest BCUT2D eigenvalue weighted by molar-refractivity contribution is 5.76. The average molecular weight is 365 g/mol. The van der Waals surface area contributed by atoms with Crippen LogP contribution in [-0.4, -0.2) is 0 Å². The van der Waals surface area contributed by atoms with Gasteiger partial charge in [0.05, 0.1) is 0 Å². The Morgan fingerprint density at radius 2 is 1.39 bits per heavy atom. The maximum absolute atomic E-state index is 2.30. The van der Waals surface area contributed by atoms with Gasteiger partial charge in [-0.1, -0.05) is 104 Å². The SMILES string of the molecule is Cc1cccc(-c2ccc(-c3ccc(C4=CC=CC(C)(C)C4)cc3)c(C)c2)c1. The highest BCUT2D eigenvalue weighted by Crippen LogP contribution is 2.36. The lowest BCUT2D eigenvalue weighted by Gasteiger charge is -2.25. The van der Waals surface area contributed by atoms with Crippen molar-refractivity contribution in [1.82, 2.24) is 0 Å². The van der Waals surface area contributed by atoms with Crippen molar-refractivity contribution in [2.45, 2.75) is 34.1 Å². The van der Waals surface area contributed by atoms with Crippen molar-refractivity contribution >= 4 is 5.57 Å². The third kappa shape index (κ3) is 3.87. The van der Waals surface area contributed by atoms with Crippen LogP contribution in [0.2, 0.25) is 0 Å². The van der Waals surface area contributed by atoms with Crippen molar-refractivity contribution in [2.24, 2.45) is 5.41 Å². The second-order valence-corrected chi connectivity index (χ2v) is 8.69. The Balaban J connectivity index is 1.61. The van der Waals surface area contributed by atoms with Gasteiger partial charge in [-0.15, -0.1) is 0 Å². The van der Waals surface area contributed by atoms with Gasteiger partial charge in [0.15, 0.2) is 0 Å². The number of hydrogen-bond donors (Lipinski definition) is 0. The Morgan fingerprint density at radius 3 is 2.07 bits per heavy atom. The normalized spacial score (nSPS) is 15.4. The number of allylic oxidation sites excluding steroid dienone is 4. The molecule has 1 aliphatic carbocycles. The van der Waals surface area contributed by atoms with Gasteiger partial charge in [0, 0.05) is 0 Å². The van der Waals surface area contributed by atoms with Crippen LogP contribution < -0.4 is 0 Å². The fraction of sp³-hybridized carbons (Fsp3) is 0.214. The van der Waals surface area contributed by atoms with Gasteiger partial charge in [0.2, 0.25) is 0 Å². The van der Waals surface area contributed by atoms with Gasteiger partial charge < -0.3 is 0 Å². The summed E-state index contributed by atoms with van der Waals surface area (Å²) in [5, 5.41) is 0. The molecule has 0 heterocycles. The Morgan fingerprint density at radius 1 is 0.714 bits per heavy atom. The fourth-order valence-electron chi connectivity index (χ4n) is 4.09. The summed E-state index contributed by atoms with van der Waals surface area (Å²) in [6.45, 7) is 8.94. The molecule has 0 unspecified atom stereocenters. The summed E-state index contributed by atoms with van der Waals surface area (Å²) in [5.74, 6) is 0. The fourth-order valence-corrected chi connectivity index (χ4v) is 4.09. The minimum atomic E-state index is 0.241. The van der Waals surface area contributed by atoms with E-state index in [1.165, 1.54) is 44.5 Å². The molecule has 4 rings (SSSR count). The van der Waals surface area contributed by atoms with E-state index >= 15 is 0 Å². The standard InChI is InChI=1S/C28H28/c1-20-7-5-8-24(17-20)25-14-15-27(21(2)18-25)23-12-10-22(11-13-23)26-9-6-16-28(3,4)19-26/h5-18H,19H2,1-4H3. The van der Waals surface area contributed by atoms with E-state index in [4.69, 9.17) is 0 Å². The van der Waals surface area contributed by atoms with Crippen LogP contribution in [0, 0.1) is 19.3 Å². The molecule has 3 aromatic rings. The summed E-state index contributed by atoms with van der Waals surface area (Å²) >= 11 is 0. The largest absolute Gasteiger partial charge is 0.0785 e. The summed E-state index contributed by atoms with van der Waals surface area (Å²) in [6, 6.07) is 24.6. The van der Waals surface area contributed by atoms with Crippen molar-refractivity contribution in [2.75, 3.05) is 0 Å². The number of benzene rings is 3. The van der Waals surface area contributed by atoms with Crippen LogP contribution in [0.1, 0.15) is 37.0 Å². The first-order valence-corrected chi connectivity index (χ1v) is 10.1. The smallest absolute Gasteiger partial charge is 0.0131 e. The predicted molar refractivity (Wildman–Crippen MR) is 122 cm³/mol. The van der Waals surface area contributed by atoms with Crippen molar-refractivity contribution < 1.29 is 0 Å². The monoisotopic (exact) mass is 364 g/mol. The quantitative estimate of drug-likeness (QED) is 0.441. The molecule has 0 spiro atoms. The lowest BCUT2D eigenvalue weighted by molar-refractivity contribution is 0.492. The van der Waals surface area contributed by atoms with Crippen molar-refractivity contribution in [1.29, 1.82) is 0 Å². The van der Waals surface area contributed by atoms with Gasteiger partial charge in [-0.05, 0) is 64.6 Å². The van der Waals surface area contributed by atoms with E-state index < -0.39 is 0 Å². The van der Waals surface area contributed by atoms with Gasteiger partial charge in [-0.3, -0.25) is 0 Å². The number of rotatable bonds is 3. The molecule has 0 saturated heterocycles. The number of aryl methyl sites for hydroxylation is 2. The maximum atomic E-state index is 2.30. The van der Waals surface area contributed by atoms with Gasteiger partial charge >= 0.3 is 0 Å². The molecule has 0 atom stereocenters. The van der Waals surface area contributed by atoms with E-state index in [9.17, 15) is 0 Å².